The number of amides is 2. The van der Waals surface area contributed by atoms with Gasteiger partial charge in [-0.2, -0.15) is 0 Å². The van der Waals surface area contributed by atoms with E-state index < -0.39 is 0 Å². The molecule has 1 fully saturated rings. The van der Waals surface area contributed by atoms with E-state index in [-0.39, 0.29) is 24.4 Å². The first-order chi connectivity index (χ1) is 12.8. The van der Waals surface area contributed by atoms with Crippen molar-refractivity contribution in [3.8, 4) is 0 Å². The van der Waals surface area contributed by atoms with Crippen LogP contribution in [0.25, 0.3) is 5.57 Å². The first kappa shape index (κ1) is 19.4. The van der Waals surface area contributed by atoms with Crippen LogP contribution in [0, 0.1) is 13.8 Å². The van der Waals surface area contributed by atoms with E-state index in [1.165, 1.54) is 10.5 Å². The summed E-state index contributed by atoms with van der Waals surface area (Å²) in [5.74, 6) is -0.438. The number of hydrogen-bond donors (Lipinski definition) is 0. The molecule has 0 aliphatic carbocycles. The lowest BCUT2D eigenvalue weighted by Crippen LogP contribution is -2.43. The Balaban J connectivity index is 2.05. The van der Waals surface area contributed by atoms with Crippen molar-refractivity contribution in [2.24, 2.45) is 0 Å². The van der Waals surface area contributed by atoms with E-state index >= 15 is 0 Å². The Morgan fingerprint density at radius 3 is 2.41 bits per heavy atom. The molecule has 1 aromatic rings. The van der Waals surface area contributed by atoms with Crippen molar-refractivity contribution in [1.29, 1.82) is 0 Å². The molecular formula is C22H29N3O2. The highest BCUT2D eigenvalue weighted by Gasteiger charge is 2.41. The molecule has 0 aromatic heterocycles. The standard InChI is InChI=1S/C22H29N3O2/c1-6-11-25-21(26)19(17-8-7-15(2)16(3)14-17)20(22(25)27)24(5)18-9-12-23(4)13-10-18/h6-8,14,18H,1,9-13H2,2-5H3. The van der Waals surface area contributed by atoms with Gasteiger partial charge in [0, 0.05) is 19.6 Å². The van der Waals surface area contributed by atoms with Crippen LogP contribution in [0.4, 0.5) is 0 Å². The van der Waals surface area contributed by atoms with Gasteiger partial charge in [-0.25, -0.2) is 0 Å². The number of aryl methyl sites for hydroxylation is 2. The molecule has 2 aliphatic rings. The average molecular weight is 367 g/mol. The molecule has 0 spiro atoms. The summed E-state index contributed by atoms with van der Waals surface area (Å²) in [7, 11) is 4.07. The maximum atomic E-state index is 13.1. The average Bonchev–Trinajstić information content (AvgIpc) is 2.89. The van der Waals surface area contributed by atoms with Gasteiger partial charge in [0.05, 0.1) is 5.57 Å². The number of carbonyl (C=O) groups is 2. The van der Waals surface area contributed by atoms with Gasteiger partial charge in [0.2, 0.25) is 0 Å². The molecule has 0 bridgehead atoms. The van der Waals surface area contributed by atoms with Crippen LogP contribution in [0.2, 0.25) is 0 Å². The van der Waals surface area contributed by atoms with Gasteiger partial charge in [0.1, 0.15) is 5.70 Å². The number of benzene rings is 1. The molecule has 2 heterocycles. The Morgan fingerprint density at radius 1 is 1.15 bits per heavy atom. The number of hydrogen-bond acceptors (Lipinski definition) is 4. The largest absolute Gasteiger partial charge is 0.366 e. The highest BCUT2D eigenvalue weighted by atomic mass is 16.2. The lowest BCUT2D eigenvalue weighted by atomic mass is 9.97. The van der Waals surface area contributed by atoms with Gasteiger partial charge < -0.3 is 9.80 Å². The fourth-order valence-corrected chi connectivity index (χ4v) is 3.91. The maximum absolute atomic E-state index is 13.1. The molecule has 5 nitrogen and oxygen atoms in total. The molecule has 0 N–H and O–H groups in total. The predicted molar refractivity (Wildman–Crippen MR) is 108 cm³/mol. The van der Waals surface area contributed by atoms with E-state index in [2.05, 4.69) is 18.5 Å². The van der Waals surface area contributed by atoms with Crippen LogP contribution in [-0.2, 0) is 9.59 Å². The van der Waals surface area contributed by atoms with E-state index in [0.29, 0.717) is 11.3 Å². The topological polar surface area (TPSA) is 43.9 Å². The van der Waals surface area contributed by atoms with Crippen LogP contribution in [0.5, 0.6) is 0 Å². The monoisotopic (exact) mass is 367 g/mol. The van der Waals surface area contributed by atoms with E-state index in [9.17, 15) is 9.59 Å². The molecule has 0 unspecified atom stereocenters. The highest BCUT2D eigenvalue weighted by Crippen LogP contribution is 2.34. The molecule has 2 amide bonds. The van der Waals surface area contributed by atoms with E-state index in [4.69, 9.17) is 0 Å². The van der Waals surface area contributed by atoms with Gasteiger partial charge in [0.25, 0.3) is 11.8 Å². The zero-order valence-corrected chi connectivity index (χ0v) is 16.8. The molecule has 1 aromatic carbocycles. The van der Waals surface area contributed by atoms with Crippen molar-refractivity contribution in [2.45, 2.75) is 32.7 Å². The first-order valence-corrected chi connectivity index (χ1v) is 9.55. The summed E-state index contributed by atoms with van der Waals surface area (Å²) >= 11 is 0. The van der Waals surface area contributed by atoms with E-state index in [1.54, 1.807) is 6.08 Å². The molecule has 2 aliphatic heterocycles. The lowest BCUT2D eigenvalue weighted by molar-refractivity contribution is -0.137. The van der Waals surface area contributed by atoms with Gasteiger partial charge in [0.15, 0.2) is 0 Å². The van der Waals surface area contributed by atoms with Gasteiger partial charge in [-0.3, -0.25) is 14.5 Å². The smallest absolute Gasteiger partial charge is 0.278 e. The second-order valence-corrected chi connectivity index (χ2v) is 7.68. The number of piperidine rings is 1. The van der Waals surface area contributed by atoms with Crippen molar-refractivity contribution in [3.63, 3.8) is 0 Å². The molecule has 5 heteroatoms. The molecule has 0 saturated carbocycles. The third-order valence-electron chi connectivity index (χ3n) is 5.84. The summed E-state index contributed by atoms with van der Waals surface area (Å²) in [6.45, 7) is 10.0. The zero-order chi connectivity index (χ0) is 19.7. The molecule has 27 heavy (non-hydrogen) atoms. The normalized spacial score (nSPS) is 19.2. The zero-order valence-electron chi connectivity index (χ0n) is 16.8. The minimum Gasteiger partial charge on any atom is -0.366 e. The van der Waals surface area contributed by atoms with Crippen molar-refractivity contribution >= 4 is 17.4 Å². The van der Waals surface area contributed by atoms with Gasteiger partial charge in [-0.1, -0.05) is 24.3 Å². The van der Waals surface area contributed by atoms with Crippen LogP contribution in [0.1, 0.15) is 29.5 Å². The third kappa shape index (κ3) is 3.56. The fraction of sp³-hybridized carbons (Fsp3) is 0.455. The van der Waals surface area contributed by atoms with Gasteiger partial charge in [-0.05, 0) is 63.5 Å². The number of likely N-dealkylation sites (N-methyl/N-ethyl adjacent to an activating group) is 1. The van der Waals surface area contributed by atoms with Gasteiger partial charge >= 0.3 is 0 Å². The van der Waals surface area contributed by atoms with Crippen molar-refractivity contribution < 1.29 is 9.59 Å². The van der Waals surface area contributed by atoms with Crippen molar-refractivity contribution in [1.82, 2.24) is 14.7 Å². The van der Waals surface area contributed by atoms with Crippen LogP contribution in [0.3, 0.4) is 0 Å². The van der Waals surface area contributed by atoms with E-state index in [0.717, 1.165) is 37.1 Å². The Morgan fingerprint density at radius 2 is 1.81 bits per heavy atom. The summed E-state index contributed by atoms with van der Waals surface area (Å²) in [5.41, 5.74) is 4.15. The number of imide groups is 1. The molecule has 0 radical (unpaired) electrons. The molecular weight excluding hydrogens is 338 g/mol. The Labute approximate surface area is 161 Å². The lowest BCUT2D eigenvalue weighted by Gasteiger charge is -2.36. The molecule has 0 atom stereocenters. The second-order valence-electron chi connectivity index (χ2n) is 7.68. The highest BCUT2D eigenvalue weighted by molar-refractivity contribution is 6.35. The summed E-state index contributed by atoms with van der Waals surface area (Å²) in [4.78, 5) is 31.9. The summed E-state index contributed by atoms with van der Waals surface area (Å²) in [6, 6.07) is 6.23. The molecule has 1 saturated heterocycles. The van der Waals surface area contributed by atoms with Gasteiger partial charge in [-0.15, -0.1) is 6.58 Å². The van der Waals surface area contributed by atoms with E-state index in [1.807, 2.05) is 44.0 Å². The Bertz CT molecular complexity index is 804. The third-order valence-corrected chi connectivity index (χ3v) is 5.84. The maximum Gasteiger partial charge on any atom is 0.278 e. The summed E-state index contributed by atoms with van der Waals surface area (Å²) in [5, 5.41) is 0. The second kappa shape index (κ2) is 7.69. The van der Waals surface area contributed by atoms with Crippen LogP contribution in [0.15, 0.2) is 36.6 Å². The minimum atomic E-state index is -0.224. The van der Waals surface area contributed by atoms with Crippen LogP contribution in [-0.4, -0.2) is 66.3 Å². The van der Waals surface area contributed by atoms with Crippen molar-refractivity contribution in [3.05, 3.63) is 53.2 Å². The number of likely N-dealkylation sites (tertiary alicyclic amines) is 1. The molecule has 3 rings (SSSR count). The summed E-state index contributed by atoms with van der Waals surface area (Å²) in [6.07, 6.45) is 3.57. The fourth-order valence-electron chi connectivity index (χ4n) is 3.91. The SMILES string of the molecule is C=CCN1C(=O)C(c2ccc(C)c(C)c2)=C(N(C)C2CCN(C)CC2)C1=O. The number of nitrogens with zero attached hydrogens (tertiary/aromatic N) is 3. The summed E-state index contributed by atoms with van der Waals surface area (Å²) < 4.78 is 0. The van der Waals surface area contributed by atoms with Crippen LogP contribution >= 0.6 is 0 Å². The first-order valence-electron chi connectivity index (χ1n) is 9.55. The minimum absolute atomic E-state index is 0.213. The predicted octanol–water partition coefficient (Wildman–Crippen LogP) is 2.60. The van der Waals surface area contributed by atoms with Crippen LogP contribution < -0.4 is 0 Å². The molecule has 144 valence electrons. The quantitative estimate of drug-likeness (QED) is 0.593. The Hall–Kier alpha value is -2.40. The number of carbonyl (C=O) groups excluding carboxylic acids is 2. The van der Waals surface area contributed by atoms with Crippen molar-refractivity contribution in [2.75, 3.05) is 33.7 Å². The Kier molecular flexibility index (Phi) is 5.51. The number of rotatable bonds is 5.